The number of imidazole rings is 1. The number of para-hydroxylation sites is 1. The number of hydrogen-bond acceptors (Lipinski definition) is 5. The fraction of sp³-hybridized carbons (Fsp3) is 0.308. The van der Waals surface area contributed by atoms with Crippen molar-refractivity contribution >= 4 is 23.1 Å². The van der Waals surface area contributed by atoms with E-state index in [0.29, 0.717) is 18.0 Å². The topological polar surface area (TPSA) is 83.8 Å². The molecule has 106 valence electrons. The largest absolute Gasteiger partial charge is 0.379 e. The predicted molar refractivity (Wildman–Crippen MR) is 80.0 cm³/mol. The number of anilines is 1. The number of benzene rings is 1. The van der Waals surface area contributed by atoms with E-state index in [9.17, 15) is 10.1 Å². The summed E-state index contributed by atoms with van der Waals surface area (Å²) in [5.41, 5.74) is 1.64. The fourth-order valence-electron chi connectivity index (χ4n) is 1.79. The summed E-state index contributed by atoms with van der Waals surface area (Å²) in [5, 5.41) is 15.1. The van der Waals surface area contributed by atoms with E-state index in [4.69, 9.17) is 0 Å². The van der Waals surface area contributed by atoms with Crippen LogP contribution in [0.15, 0.2) is 35.7 Å². The number of nitro benzene ring substituents is 1. The van der Waals surface area contributed by atoms with E-state index in [1.54, 1.807) is 18.5 Å². The van der Waals surface area contributed by atoms with Gasteiger partial charge in [0.15, 0.2) is 5.16 Å². The van der Waals surface area contributed by atoms with Gasteiger partial charge in [-0.15, -0.1) is 0 Å². The lowest BCUT2D eigenvalue weighted by Crippen LogP contribution is -2.06. The average molecular weight is 292 g/mol. The maximum absolute atomic E-state index is 11.1. The number of rotatable bonds is 7. The van der Waals surface area contributed by atoms with Crippen molar-refractivity contribution in [1.29, 1.82) is 0 Å². The van der Waals surface area contributed by atoms with Crippen LogP contribution in [-0.2, 0) is 5.75 Å². The third kappa shape index (κ3) is 3.51. The van der Waals surface area contributed by atoms with Crippen LogP contribution in [0.2, 0.25) is 0 Å². The highest BCUT2D eigenvalue weighted by Gasteiger charge is 2.17. The molecule has 0 spiro atoms. The maximum Gasteiger partial charge on any atom is 0.292 e. The Bertz CT molecular complexity index is 572. The minimum absolute atomic E-state index is 0.121. The zero-order valence-corrected chi connectivity index (χ0v) is 11.9. The van der Waals surface area contributed by atoms with Gasteiger partial charge < -0.3 is 10.3 Å². The number of nitrogens with one attached hydrogen (secondary N) is 2. The SMILES string of the molecule is CCCNc1c(CSc2ncc[nH]2)cccc1[N+](=O)[O-]. The highest BCUT2D eigenvalue weighted by molar-refractivity contribution is 7.98. The van der Waals surface area contributed by atoms with E-state index in [0.717, 1.165) is 17.1 Å². The van der Waals surface area contributed by atoms with Gasteiger partial charge in [0.25, 0.3) is 5.69 Å². The summed E-state index contributed by atoms with van der Waals surface area (Å²) in [6.07, 6.45) is 4.36. The van der Waals surface area contributed by atoms with Gasteiger partial charge in [-0.25, -0.2) is 4.98 Å². The molecule has 0 saturated heterocycles. The molecule has 7 heteroatoms. The molecule has 20 heavy (non-hydrogen) atoms. The van der Waals surface area contributed by atoms with Crippen LogP contribution < -0.4 is 5.32 Å². The van der Waals surface area contributed by atoms with Crippen molar-refractivity contribution in [3.8, 4) is 0 Å². The van der Waals surface area contributed by atoms with E-state index in [-0.39, 0.29) is 10.6 Å². The number of thioether (sulfide) groups is 1. The Kier molecular flexibility index (Phi) is 5.00. The summed E-state index contributed by atoms with van der Waals surface area (Å²) in [4.78, 5) is 17.9. The molecule has 0 aliphatic rings. The van der Waals surface area contributed by atoms with Crippen LogP contribution in [0.3, 0.4) is 0 Å². The minimum atomic E-state index is -0.348. The van der Waals surface area contributed by atoms with Crippen LogP contribution in [0.25, 0.3) is 0 Å². The molecule has 0 saturated carbocycles. The number of aromatic nitrogens is 2. The zero-order chi connectivity index (χ0) is 14.4. The Morgan fingerprint density at radius 2 is 2.35 bits per heavy atom. The van der Waals surface area contributed by atoms with Crippen molar-refractivity contribution in [2.45, 2.75) is 24.3 Å². The highest BCUT2D eigenvalue weighted by Crippen LogP contribution is 2.32. The lowest BCUT2D eigenvalue weighted by molar-refractivity contribution is -0.384. The molecular formula is C13H16N4O2S. The summed E-state index contributed by atoms with van der Waals surface area (Å²) in [6, 6.07) is 5.15. The first-order chi connectivity index (χ1) is 9.72. The lowest BCUT2D eigenvalue weighted by Gasteiger charge is -2.11. The molecule has 6 nitrogen and oxygen atoms in total. The molecule has 0 amide bonds. The van der Waals surface area contributed by atoms with Crippen LogP contribution >= 0.6 is 11.8 Å². The van der Waals surface area contributed by atoms with Crippen molar-refractivity contribution in [3.05, 3.63) is 46.3 Å². The van der Waals surface area contributed by atoms with E-state index >= 15 is 0 Å². The number of H-pyrrole nitrogens is 1. The van der Waals surface area contributed by atoms with Crippen LogP contribution in [-0.4, -0.2) is 21.4 Å². The fourth-order valence-corrected chi connectivity index (χ4v) is 2.61. The van der Waals surface area contributed by atoms with Crippen molar-refractivity contribution in [2.24, 2.45) is 0 Å². The second-order valence-electron chi connectivity index (χ2n) is 4.18. The van der Waals surface area contributed by atoms with E-state index < -0.39 is 0 Å². The highest BCUT2D eigenvalue weighted by atomic mass is 32.2. The van der Waals surface area contributed by atoms with Gasteiger partial charge in [0.1, 0.15) is 5.69 Å². The third-order valence-corrected chi connectivity index (χ3v) is 3.67. The number of nitrogens with zero attached hydrogens (tertiary/aromatic N) is 2. The minimum Gasteiger partial charge on any atom is -0.379 e. The molecule has 0 aliphatic heterocycles. The van der Waals surface area contributed by atoms with Crippen LogP contribution in [0.1, 0.15) is 18.9 Å². The molecular weight excluding hydrogens is 276 g/mol. The molecule has 0 unspecified atom stereocenters. The monoisotopic (exact) mass is 292 g/mol. The summed E-state index contributed by atoms with van der Waals surface area (Å²) in [7, 11) is 0. The Morgan fingerprint density at radius 1 is 1.50 bits per heavy atom. The van der Waals surface area contributed by atoms with Gasteiger partial charge in [-0.2, -0.15) is 0 Å². The third-order valence-electron chi connectivity index (χ3n) is 2.71. The van der Waals surface area contributed by atoms with E-state index in [2.05, 4.69) is 15.3 Å². The number of aromatic amines is 1. The van der Waals surface area contributed by atoms with Crippen LogP contribution in [0.5, 0.6) is 0 Å². The van der Waals surface area contributed by atoms with Crippen LogP contribution in [0, 0.1) is 10.1 Å². The molecule has 0 bridgehead atoms. The molecule has 2 aromatic rings. The first kappa shape index (κ1) is 14.4. The molecule has 0 radical (unpaired) electrons. The Labute approximate surface area is 121 Å². The zero-order valence-electron chi connectivity index (χ0n) is 11.1. The normalized spacial score (nSPS) is 10.4. The van der Waals surface area contributed by atoms with Crippen molar-refractivity contribution < 1.29 is 4.92 Å². The number of nitro groups is 1. The molecule has 2 rings (SSSR count). The van der Waals surface area contributed by atoms with Gasteiger partial charge in [-0.1, -0.05) is 30.8 Å². The second kappa shape index (κ2) is 6.95. The second-order valence-corrected chi connectivity index (χ2v) is 5.14. The Balaban J connectivity index is 2.21. The molecule has 1 aromatic heterocycles. The Hall–Kier alpha value is -2.02. The van der Waals surface area contributed by atoms with Gasteiger partial charge in [0.2, 0.25) is 0 Å². The molecule has 0 atom stereocenters. The number of hydrogen-bond donors (Lipinski definition) is 2. The van der Waals surface area contributed by atoms with Crippen molar-refractivity contribution in [3.63, 3.8) is 0 Å². The van der Waals surface area contributed by atoms with Crippen molar-refractivity contribution in [2.75, 3.05) is 11.9 Å². The van der Waals surface area contributed by atoms with E-state index in [1.165, 1.54) is 17.8 Å². The Morgan fingerprint density at radius 3 is 3.00 bits per heavy atom. The van der Waals surface area contributed by atoms with Gasteiger partial charge in [-0.05, 0) is 12.0 Å². The van der Waals surface area contributed by atoms with Crippen LogP contribution in [0.4, 0.5) is 11.4 Å². The van der Waals surface area contributed by atoms with Gasteiger partial charge in [0, 0.05) is 30.8 Å². The predicted octanol–water partition coefficient (Wildman–Crippen LogP) is 3.43. The average Bonchev–Trinajstić information content (AvgIpc) is 2.96. The standard InChI is InChI=1S/C13H16N4O2S/c1-2-6-14-12-10(4-3-5-11(12)17(18)19)9-20-13-15-7-8-16-13/h3-5,7-8,14H,2,6,9H2,1H3,(H,15,16). The summed E-state index contributed by atoms with van der Waals surface area (Å²) in [6.45, 7) is 2.74. The van der Waals surface area contributed by atoms with Gasteiger partial charge in [-0.3, -0.25) is 10.1 Å². The first-order valence-electron chi connectivity index (χ1n) is 6.34. The molecule has 1 aromatic carbocycles. The van der Waals surface area contributed by atoms with Crippen molar-refractivity contribution in [1.82, 2.24) is 9.97 Å². The maximum atomic E-state index is 11.1. The van der Waals surface area contributed by atoms with E-state index in [1.807, 2.05) is 13.0 Å². The summed E-state index contributed by atoms with van der Waals surface area (Å²) < 4.78 is 0. The quantitative estimate of drug-likeness (QED) is 0.464. The van der Waals surface area contributed by atoms with Gasteiger partial charge in [0.05, 0.1) is 4.92 Å². The smallest absolute Gasteiger partial charge is 0.292 e. The molecule has 0 fully saturated rings. The molecule has 2 N–H and O–H groups in total. The molecule has 1 heterocycles. The summed E-state index contributed by atoms with van der Waals surface area (Å²) in [5.74, 6) is 0.626. The lowest BCUT2D eigenvalue weighted by atomic mass is 10.1. The summed E-state index contributed by atoms with van der Waals surface area (Å²) >= 11 is 1.52. The molecule has 0 aliphatic carbocycles. The first-order valence-corrected chi connectivity index (χ1v) is 7.33. The van der Waals surface area contributed by atoms with Gasteiger partial charge >= 0.3 is 0 Å².